The van der Waals surface area contributed by atoms with Crippen molar-refractivity contribution in [2.75, 3.05) is 4.72 Å². The van der Waals surface area contributed by atoms with Crippen LogP contribution >= 0.6 is 31.9 Å². The van der Waals surface area contributed by atoms with E-state index in [1.807, 2.05) is 13.0 Å². The van der Waals surface area contributed by atoms with Crippen LogP contribution < -0.4 is 4.72 Å². The van der Waals surface area contributed by atoms with E-state index >= 15 is 0 Å². The van der Waals surface area contributed by atoms with Gasteiger partial charge in [0, 0.05) is 8.95 Å². The van der Waals surface area contributed by atoms with Crippen LogP contribution in [-0.2, 0) is 10.0 Å². The Kier molecular flexibility index (Phi) is 4.32. The van der Waals surface area contributed by atoms with Crippen molar-refractivity contribution in [2.24, 2.45) is 0 Å². The normalized spacial score (nSPS) is 11.3. The summed E-state index contributed by atoms with van der Waals surface area (Å²) in [6.07, 6.45) is 0. The molecule has 0 spiro atoms. The molecule has 0 aliphatic carbocycles. The van der Waals surface area contributed by atoms with Crippen molar-refractivity contribution in [1.82, 2.24) is 0 Å². The van der Waals surface area contributed by atoms with E-state index in [2.05, 4.69) is 36.6 Å². The third-order valence-corrected chi connectivity index (χ3v) is 5.07. The number of halogens is 2. The lowest BCUT2D eigenvalue weighted by Gasteiger charge is -2.10. The molecule has 0 fully saturated rings. The molecule has 0 saturated carbocycles. The van der Waals surface area contributed by atoms with Crippen LogP contribution in [0.25, 0.3) is 0 Å². The maximum absolute atomic E-state index is 12.2. The second kappa shape index (κ2) is 5.64. The summed E-state index contributed by atoms with van der Waals surface area (Å²) in [5.74, 6) is 0. The van der Waals surface area contributed by atoms with E-state index in [4.69, 9.17) is 0 Å². The number of sulfonamides is 1. The molecule has 3 nitrogen and oxygen atoms in total. The lowest BCUT2D eigenvalue weighted by Crippen LogP contribution is -2.13. The molecule has 19 heavy (non-hydrogen) atoms. The van der Waals surface area contributed by atoms with E-state index in [9.17, 15) is 8.42 Å². The highest BCUT2D eigenvalue weighted by Gasteiger charge is 2.15. The SMILES string of the molecule is Cc1ccc(S(=O)(=O)Nc2cc(Br)ccc2Br)cc1. The molecule has 0 aliphatic heterocycles. The topological polar surface area (TPSA) is 46.2 Å². The third-order valence-electron chi connectivity index (χ3n) is 2.50. The monoisotopic (exact) mass is 403 g/mol. The van der Waals surface area contributed by atoms with Crippen LogP contribution in [0.15, 0.2) is 56.3 Å². The Hall–Kier alpha value is -0.850. The zero-order valence-electron chi connectivity index (χ0n) is 10.0. The van der Waals surface area contributed by atoms with Crippen molar-refractivity contribution in [3.63, 3.8) is 0 Å². The highest BCUT2D eigenvalue weighted by atomic mass is 79.9. The Morgan fingerprint density at radius 3 is 2.26 bits per heavy atom. The van der Waals surface area contributed by atoms with Crippen molar-refractivity contribution in [1.29, 1.82) is 0 Å². The molecule has 0 aromatic heterocycles. The van der Waals surface area contributed by atoms with Crippen LogP contribution in [0, 0.1) is 6.92 Å². The summed E-state index contributed by atoms with van der Waals surface area (Å²) in [5.41, 5.74) is 1.51. The summed E-state index contributed by atoms with van der Waals surface area (Å²) in [7, 11) is -3.57. The van der Waals surface area contributed by atoms with Crippen LogP contribution in [-0.4, -0.2) is 8.42 Å². The second-order valence-electron chi connectivity index (χ2n) is 4.04. The molecule has 0 heterocycles. The lowest BCUT2D eigenvalue weighted by atomic mass is 10.2. The van der Waals surface area contributed by atoms with Gasteiger partial charge in [0.05, 0.1) is 10.6 Å². The van der Waals surface area contributed by atoms with E-state index < -0.39 is 10.0 Å². The maximum atomic E-state index is 12.2. The minimum atomic E-state index is -3.57. The molecule has 0 unspecified atom stereocenters. The molecule has 1 N–H and O–H groups in total. The van der Waals surface area contributed by atoms with Gasteiger partial charge in [-0.25, -0.2) is 8.42 Å². The fourth-order valence-electron chi connectivity index (χ4n) is 1.50. The summed E-state index contributed by atoms with van der Waals surface area (Å²) in [6.45, 7) is 1.91. The largest absolute Gasteiger partial charge is 0.278 e. The number of benzene rings is 2. The first-order valence-electron chi connectivity index (χ1n) is 5.43. The highest BCUT2D eigenvalue weighted by molar-refractivity contribution is 9.11. The lowest BCUT2D eigenvalue weighted by molar-refractivity contribution is 0.601. The van der Waals surface area contributed by atoms with E-state index in [0.717, 1.165) is 10.0 Å². The van der Waals surface area contributed by atoms with Gasteiger partial charge in [-0.2, -0.15) is 0 Å². The van der Waals surface area contributed by atoms with Gasteiger partial charge < -0.3 is 0 Å². The molecule has 2 aromatic rings. The van der Waals surface area contributed by atoms with Gasteiger partial charge in [-0.05, 0) is 53.2 Å². The zero-order valence-corrected chi connectivity index (χ0v) is 14.0. The smallest absolute Gasteiger partial charge is 0.261 e. The van der Waals surface area contributed by atoms with Gasteiger partial charge >= 0.3 is 0 Å². The summed E-state index contributed by atoms with van der Waals surface area (Å²) < 4.78 is 28.5. The molecule has 100 valence electrons. The van der Waals surface area contributed by atoms with E-state index in [-0.39, 0.29) is 4.90 Å². The number of anilines is 1. The molecule has 2 aromatic carbocycles. The number of nitrogens with one attached hydrogen (secondary N) is 1. The first-order valence-corrected chi connectivity index (χ1v) is 8.50. The minimum absolute atomic E-state index is 0.241. The number of hydrogen-bond acceptors (Lipinski definition) is 2. The second-order valence-corrected chi connectivity index (χ2v) is 7.50. The predicted molar refractivity (Wildman–Crippen MR) is 83.8 cm³/mol. The summed E-state index contributed by atoms with van der Waals surface area (Å²) >= 11 is 6.63. The van der Waals surface area contributed by atoms with E-state index in [1.54, 1.807) is 36.4 Å². The van der Waals surface area contributed by atoms with Crippen molar-refractivity contribution >= 4 is 47.6 Å². The number of aryl methyl sites for hydroxylation is 1. The Bertz CT molecular complexity index is 697. The van der Waals surface area contributed by atoms with Crippen LogP contribution in [0.2, 0.25) is 0 Å². The standard InChI is InChI=1S/C13H11Br2NO2S/c1-9-2-5-11(6-3-9)19(17,18)16-13-8-10(14)4-7-12(13)15/h2-8,16H,1H3. The maximum Gasteiger partial charge on any atom is 0.261 e. The molecule has 0 aliphatic rings. The number of rotatable bonds is 3. The molecule has 6 heteroatoms. The van der Waals surface area contributed by atoms with Gasteiger partial charge in [0.2, 0.25) is 0 Å². The van der Waals surface area contributed by atoms with Gasteiger partial charge in [0.25, 0.3) is 10.0 Å². The quantitative estimate of drug-likeness (QED) is 0.827. The third kappa shape index (κ3) is 3.58. The Balaban J connectivity index is 2.36. The van der Waals surface area contributed by atoms with Crippen LogP contribution in [0.5, 0.6) is 0 Å². The first-order chi connectivity index (χ1) is 8.88. The highest BCUT2D eigenvalue weighted by Crippen LogP contribution is 2.28. The van der Waals surface area contributed by atoms with Gasteiger partial charge in [-0.15, -0.1) is 0 Å². The Morgan fingerprint density at radius 2 is 1.63 bits per heavy atom. The summed E-state index contributed by atoms with van der Waals surface area (Å²) in [5, 5.41) is 0. The minimum Gasteiger partial charge on any atom is -0.278 e. The van der Waals surface area contributed by atoms with Crippen molar-refractivity contribution in [2.45, 2.75) is 11.8 Å². The molecular formula is C13H11Br2NO2S. The fraction of sp³-hybridized carbons (Fsp3) is 0.0769. The van der Waals surface area contributed by atoms with Gasteiger partial charge in [0.15, 0.2) is 0 Å². The number of hydrogen-bond donors (Lipinski definition) is 1. The zero-order chi connectivity index (χ0) is 14.0. The molecular weight excluding hydrogens is 394 g/mol. The van der Waals surface area contributed by atoms with Crippen LogP contribution in [0.3, 0.4) is 0 Å². The predicted octanol–water partition coefficient (Wildman–Crippen LogP) is 4.32. The van der Waals surface area contributed by atoms with Crippen molar-refractivity contribution in [3.8, 4) is 0 Å². The molecule has 0 radical (unpaired) electrons. The van der Waals surface area contributed by atoms with E-state index in [1.165, 1.54) is 0 Å². The Labute approximate surface area is 129 Å². The average Bonchev–Trinajstić information content (AvgIpc) is 2.34. The molecule has 0 saturated heterocycles. The van der Waals surface area contributed by atoms with Crippen molar-refractivity contribution < 1.29 is 8.42 Å². The van der Waals surface area contributed by atoms with Crippen LogP contribution in [0.1, 0.15) is 5.56 Å². The Morgan fingerprint density at radius 1 is 1.00 bits per heavy atom. The molecule has 2 rings (SSSR count). The average molecular weight is 405 g/mol. The summed E-state index contributed by atoms with van der Waals surface area (Å²) in [6, 6.07) is 12.0. The molecule has 0 bridgehead atoms. The van der Waals surface area contributed by atoms with Gasteiger partial charge in [-0.1, -0.05) is 33.6 Å². The summed E-state index contributed by atoms with van der Waals surface area (Å²) in [4.78, 5) is 0.241. The molecule has 0 amide bonds. The van der Waals surface area contributed by atoms with Crippen molar-refractivity contribution in [3.05, 3.63) is 57.0 Å². The van der Waals surface area contributed by atoms with E-state index in [0.29, 0.717) is 10.2 Å². The first kappa shape index (κ1) is 14.6. The molecule has 0 atom stereocenters. The fourth-order valence-corrected chi connectivity index (χ4v) is 3.41. The van der Waals surface area contributed by atoms with Gasteiger partial charge in [0.1, 0.15) is 0 Å². The van der Waals surface area contributed by atoms with Crippen LogP contribution in [0.4, 0.5) is 5.69 Å². The van der Waals surface area contributed by atoms with Gasteiger partial charge in [-0.3, -0.25) is 4.72 Å².